The van der Waals surface area contributed by atoms with Gasteiger partial charge in [-0.25, -0.2) is 4.98 Å². The van der Waals surface area contributed by atoms with Gasteiger partial charge in [0.25, 0.3) is 0 Å². The molecule has 1 heterocycles. The summed E-state index contributed by atoms with van der Waals surface area (Å²) in [6.07, 6.45) is 0. The zero-order chi connectivity index (χ0) is 13.3. The first-order chi connectivity index (χ1) is 7.62. The quantitative estimate of drug-likeness (QED) is 0.858. The van der Waals surface area contributed by atoms with Crippen LogP contribution in [0.15, 0.2) is 12.1 Å². The molecular formula is C14H24N2O. The Labute approximate surface area is 104 Å². The van der Waals surface area contributed by atoms with E-state index in [2.05, 4.69) is 31.8 Å². The predicted molar refractivity (Wildman–Crippen MR) is 71.2 cm³/mol. The molecule has 17 heavy (non-hydrogen) atoms. The first-order valence-electron chi connectivity index (χ1n) is 6.02. The lowest BCUT2D eigenvalue weighted by Gasteiger charge is -2.24. The summed E-state index contributed by atoms with van der Waals surface area (Å²) >= 11 is 0. The second-order valence-corrected chi connectivity index (χ2v) is 6.37. The van der Waals surface area contributed by atoms with E-state index in [1.165, 1.54) is 0 Å². The molecule has 0 aliphatic rings. The molecule has 3 heteroatoms. The van der Waals surface area contributed by atoms with Crippen LogP contribution in [-0.4, -0.2) is 10.6 Å². The van der Waals surface area contributed by atoms with Crippen molar-refractivity contribution in [2.45, 2.75) is 59.1 Å². The molecule has 0 amide bonds. The van der Waals surface area contributed by atoms with E-state index in [4.69, 9.17) is 10.5 Å². The molecule has 0 fully saturated rings. The normalized spacial score (nSPS) is 12.6. The van der Waals surface area contributed by atoms with E-state index >= 15 is 0 Å². The molecule has 0 aliphatic carbocycles. The smallest absolute Gasteiger partial charge is 0.214 e. The van der Waals surface area contributed by atoms with Crippen LogP contribution in [0.5, 0.6) is 5.88 Å². The van der Waals surface area contributed by atoms with Gasteiger partial charge in [-0.05, 0) is 32.4 Å². The van der Waals surface area contributed by atoms with Gasteiger partial charge in [0, 0.05) is 18.0 Å². The molecule has 0 bridgehead atoms. The number of nitrogens with two attached hydrogens (primary N) is 1. The second kappa shape index (κ2) is 4.65. The van der Waals surface area contributed by atoms with Crippen LogP contribution in [-0.2, 0) is 12.0 Å². The van der Waals surface area contributed by atoms with Gasteiger partial charge in [0.2, 0.25) is 5.88 Å². The van der Waals surface area contributed by atoms with Gasteiger partial charge in [-0.3, -0.25) is 0 Å². The van der Waals surface area contributed by atoms with Crippen molar-refractivity contribution in [3.63, 3.8) is 0 Å². The van der Waals surface area contributed by atoms with Crippen LogP contribution in [0, 0.1) is 0 Å². The summed E-state index contributed by atoms with van der Waals surface area (Å²) in [6.45, 7) is 13.0. The number of rotatable bonds is 2. The fraction of sp³-hybridized carbons (Fsp3) is 0.643. The van der Waals surface area contributed by atoms with E-state index in [9.17, 15) is 0 Å². The highest BCUT2D eigenvalue weighted by Gasteiger charge is 2.19. The van der Waals surface area contributed by atoms with Crippen LogP contribution in [0.2, 0.25) is 0 Å². The van der Waals surface area contributed by atoms with Crippen molar-refractivity contribution in [2.24, 2.45) is 5.73 Å². The third-order valence-corrected chi connectivity index (χ3v) is 2.28. The molecule has 0 spiro atoms. The zero-order valence-corrected chi connectivity index (χ0v) is 11.8. The molecule has 0 radical (unpaired) electrons. The van der Waals surface area contributed by atoms with Crippen molar-refractivity contribution in [3.05, 3.63) is 23.4 Å². The number of aromatic nitrogens is 1. The van der Waals surface area contributed by atoms with Gasteiger partial charge in [-0.15, -0.1) is 0 Å². The van der Waals surface area contributed by atoms with E-state index in [1.807, 2.05) is 26.8 Å². The molecule has 0 unspecified atom stereocenters. The molecule has 0 atom stereocenters. The SMILES string of the molecule is CC(C)(C)Oc1cc(CN)cc(C(C)(C)C)n1. The lowest BCUT2D eigenvalue weighted by Crippen LogP contribution is -2.25. The third-order valence-electron chi connectivity index (χ3n) is 2.28. The lowest BCUT2D eigenvalue weighted by molar-refractivity contribution is 0.123. The summed E-state index contributed by atoms with van der Waals surface area (Å²) in [5.74, 6) is 0.658. The summed E-state index contributed by atoms with van der Waals surface area (Å²) in [5, 5.41) is 0. The number of hydrogen-bond acceptors (Lipinski definition) is 3. The van der Waals surface area contributed by atoms with E-state index in [-0.39, 0.29) is 11.0 Å². The van der Waals surface area contributed by atoms with Gasteiger partial charge < -0.3 is 10.5 Å². The van der Waals surface area contributed by atoms with Gasteiger partial charge in [0.1, 0.15) is 5.60 Å². The first-order valence-corrected chi connectivity index (χ1v) is 6.02. The van der Waals surface area contributed by atoms with Crippen LogP contribution in [0.3, 0.4) is 0 Å². The summed E-state index contributed by atoms with van der Waals surface area (Å²) in [4.78, 5) is 4.56. The maximum absolute atomic E-state index is 5.81. The van der Waals surface area contributed by atoms with E-state index < -0.39 is 0 Å². The monoisotopic (exact) mass is 236 g/mol. The van der Waals surface area contributed by atoms with Crippen molar-refractivity contribution < 1.29 is 4.74 Å². The van der Waals surface area contributed by atoms with Crippen molar-refractivity contribution in [3.8, 4) is 5.88 Å². The van der Waals surface area contributed by atoms with Gasteiger partial charge in [-0.2, -0.15) is 0 Å². The van der Waals surface area contributed by atoms with Crippen molar-refractivity contribution in [1.82, 2.24) is 4.98 Å². The maximum Gasteiger partial charge on any atom is 0.214 e. The lowest BCUT2D eigenvalue weighted by atomic mass is 9.91. The Hall–Kier alpha value is -1.09. The molecule has 1 rings (SSSR count). The average molecular weight is 236 g/mol. The van der Waals surface area contributed by atoms with Crippen LogP contribution in [0.25, 0.3) is 0 Å². The fourth-order valence-electron chi connectivity index (χ4n) is 1.43. The van der Waals surface area contributed by atoms with Gasteiger partial charge in [0.15, 0.2) is 0 Å². The second-order valence-electron chi connectivity index (χ2n) is 6.37. The minimum absolute atomic E-state index is 0.00116. The first kappa shape index (κ1) is 14.0. The van der Waals surface area contributed by atoms with Gasteiger partial charge >= 0.3 is 0 Å². The zero-order valence-electron chi connectivity index (χ0n) is 11.8. The number of nitrogens with zero attached hydrogens (tertiary/aromatic N) is 1. The van der Waals surface area contributed by atoms with Crippen molar-refractivity contribution >= 4 is 0 Å². The van der Waals surface area contributed by atoms with E-state index in [0.29, 0.717) is 12.4 Å². The molecule has 0 saturated heterocycles. The third kappa shape index (κ3) is 4.35. The molecule has 0 saturated carbocycles. The molecule has 0 aliphatic heterocycles. The molecule has 3 nitrogen and oxygen atoms in total. The van der Waals surface area contributed by atoms with Gasteiger partial charge in [-0.1, -0.05) is 20.8 Å². The Kier molecular flexibility index (Phi) is 3.82. The van der Waals surface area contributed by atoms with Crippen molar-refractivity contribution in [2.75, 3.05) is 0 Å². The van der Waals surface area contributed by atoms with Crippen LogP contribution in [0.4, 0.5) is 0 Å². The summed E-state index contributed by atoms with van der Waals surface area (Å²) < 4.78 is 5.81. The number of hydrogen-bond donors (Lipinski definition) is 1. The Morgan fingerprint density at radius 2 is 1.71 bits per heavy atom. The summed E-state index contributed by atoms with van der Waals surface area (Å²) in [5.41, 5.74) is 7.54. The van der Waals surface area contributed by atoms with Crippen LogP contribution >= 0.6 is 0 Å². The van der Waals surface area contributed by atoms with Crippen LogP contribution in [0.1, 0.15) is 52.8 Å². The molecule has 1 aromatic rings. The van der Waals surface area contributed by atoms with E-state index in [0.717, 1.165) is 11.3 Å². The Bertz CT molecular complexity index is 386. The number of pyridine rings is 1. The highest BCUT2D eigenvalue weighted by atomic mass is 16.5. The topological polar surface area (TPSA) is 48.1 Å². The molecular weight excluding hydrogens is 212 g/mol. The molecule has 0 aromatic carbocycles. The minimum Gasteiger partial charge on any atom is -0.472 e. The summed E-state index contributed by atoms with van der Waals surface area (Å²) in [7, 11) is 0. The average Bonchev–Trinajstić information content (AvgIpc) is 2.13. The van der Waals surface area contributed by atoms with Crippen LogP contribution < -0.4 is 10.5 Å². The standard InChI is InChI=1S/C14H24N2O/c1-13(2,3)11-7-10(9-15)8-12(16-11)17-14(4,5)6/h7-8H,9,15H2,1-6H3. The highest BCUT2D eigenvalue weighted by molar-refractivity contribution is 5.28. The Morgan fingerprint density at radius 3 is 2.12 bits per heavy atom. The molecule has 1 aromatic heterocycles. The minimum atomic E-state index is -0.241. The Balaban J connectivity index is 3.15. The summed E-state index contributed by atoms with van der Waals surface area (Å²) in [6, 6.07) is 3.97. The predicted octanol–water partition coefficient (Wildman–Crippen LogP) is 3.02. The fourth-order valence-corrected chi connectivity index (χ4v) is 1.43. The number of ether oxygens (including phenoxy) is 1. The largest absolute Gasteiger partial charge is 0.472 e. The highest BCUT2D eigenvalue weighted by Crippen LogP contribution is 2.25. The maximum atomic E-state index is 5.81. The molecule has 96 valence electrons. The Morgan fingerprint density at radius 1 is 1.12 bits per heavy atom. The van der Waals surface area contributed by atoms with Crippen molar-refractivity contribution in [1.29, 1.82) is 0 Å². The van der Waals surface area contributed by atoms with E-state index in [1.54, 1.807) is 0 Å². The van der Waals surface area contributed by atoms with Gasteiger partial charge in [0.05, 0.1) is 5.69 Å². The molecule has 2 N–H and O–H groups in total.